The van der Waals surface area contributed by atoms with Crippen molar-refractivity contribution in [2.45, 2.75) is 42.9 Å². The maximum Gasteiger partial charge on any atom is 0.344 e. The normalized spacial score (nSPS) is 19.0. The summed E-state index contributed by atoms with van der Waals surface area (Å²) in [6.45, 7) is 0.164. The standard InChI is InChI=1S/C19H19N5O6S/c25-14(23-24-16(26)19(20-17(24)27)6-2-1-3-7-19)9-31-18-22-21-15(30-18)11-4-5-12-13(8-11)29-10-28-12/h4-5,8H,1-3,6-7,9-10H2,(H,20,27)(H,23,25). The van der Waals surface area contributed by atoms with Gasteiger partial charge in [0.25, 0.3) is 11.1 Å². The van der Waals surface area contributed by atoms with E-state index in [1.807, 2.05) is 0 Å². The Hall–Kier alpha value is -3.28. The Bertz CT molecular complexity index is 1050. The number of fused-ring (bicyclic) bond motifs is 1. The number of hydrogen-bond donors (Lipinski definition) is 2. The molecule has 1 saturated carbocycles. The molecular formula is C19H19N5O6S. The molecule has 2 N–H and O–H groups in total. The lowest BCUT2D eigenvalue weighted by Crippen LogP contribution is -2.51. The second-order valence-corrected chi connectivity index (χ2v) is 8.40. The molecule has 11 nitrogen and oxygen atoms in total. The van der Waals surface area contributed by atoms with Gasteiger partial charge in [0.05, 0.1) is 5.75 Å². The maximum absolute atomic E-state index is 12.7. The summed E-state index contributed by atoms with van der Waals surface area (Å²) in [5, 5.41) is 11.6. The van der Waals surface area contributed by atoms with Crippen LogP contribution in [0, 0.1) is 0 Å². The first-order valence-electron chi connectivity index (χ1n) is 9.87. The van der Waals surface area contributed by atoms with E-state index in [2.05, 4.69) is 20.9 Å². The maximum atomic E-state index is 12.7. The summed E-state index contributed by atoms with van der Waals surface area (Å²) in [6.07, 6.45) is 3.94. The van der Waals surface area contributed by atoms with Crippen LogP contribution in [0.3, 0.4) is 0 Å². The Kier molecular flexibility index (Phi) is 4.93. The molecule has 0 atom stereocenters. The zero-order valence-corrected chi connectivity index (χ0v) is 17.2. The minimum atomic E-state index is -0.887. The SMILES string of the molecule is O=C(CSc1nnc(-c2ccc3c(c2)OCO3)o1)NN1C(=O)NC2(CCCCC2)C1=O. The van der Waals surface area contributed by atoms with E-state index in [1.165, 1.54) is 0 Å². The summed E-state index contributed by atoms with van der Waals surface area (Å²) in [5.74, 6) is 0.475. The van der Waals surface area contributed by atoms with Crippen LogP contribution in [0.5, 0.6) is 11.5 Å². The van der Waals surface area contributed by atoms with Crippen molar-refractivity contribution in [3.8, 4) is 23.0 Å². The minimum Gasteiger partial charge on any atom is -0.454 e. The number of nitrogens with one attached hydrogen (secondary N) is 2. The lowest BCUT2D eigenvalue weighted by molar-refractivity contribution is -0.139. The number of carbonyl (C=O) groups excluding carboxylic acids is 3. The summed E-state index contributed by atoms with van der Waals surface area (Å²) in [7, 11) is 0. The zero-order chi connectivity index (χ0) is 21.4. The Labute approximate surface area is 180 Å². The van der Waals surface area contributed by atoms with Crippen molar-refractivity contribution in [2.24, 2.45) is 0 Å². The highest BCUT2D eigenvalue weighted by atomic mass is 32.2. The van der Waals surface area contributed by atoms with Gasteiger partial charge in [0.1, 0.15) is 5.54 Å². The third kappa shape index (κ3) is 3.67. The van der Waals surface area contributed by atoms with Crippen molar-refractivity contribution in [1.82, 2.24) is 25.9 Å². The fourth-order valence-corrected chi connectivity index (χ4v) is 4.47. The van der Waals surface area contributed by atoms with Crippen LogP contribution in [-0.4, -0.2) is 51.1 Å². The molecule has 1 aliphatic carbocycles. The Morgan fingerprint density at radius 1 is 1.16 bits per heavy atom. The highest BCUT2D eigenvalue weighted by Crippen LogP contribution is 2.36. The topological polar surface area (TPSA) is 136 Å². The average Bonchev–Trinajstić information content (AvgIpc) is 3.48. The smallest absolute Gasteiger partial charge is 0.344 e. The third-order valence-corrected chi connectivity index (χ3v) is 6.28. The fourth-order valence-electron chi connectivity index (χ4n) is 3.91. The number of aromatic nitrogens is 2. The first-order valence-corrected chi connectivity index (χ1v) is 10.9. The van der Waals surface area contributed by atoms with Crippen LogP contribution < -0.4 is 20.2 Å². The van der Waals surface area contributed by atoms with Crippen LogP contribution in [0.15, 0.2) is 27.8 Å². The molecule has 1 aromatic carbocycles. The fraction of sp³-hybridized carbons (Fsp3) is 0.421. The Balaban J connectivity index is 1.18. The summed E-state index contributed by atoms with van der Waals surface area (Å²) in [5.41, 5.74) is 2.15. The van der Waals surface area contributed by atoms with Crippen molar-refractivity contribution < 1.29 is 28.3 Å². The van der Waals surface area contributed by atoms with Crippen LogP contribution in [0.1, 0.15) is 32.1 Å². The second-order valence-electron chi connectivity index (χ2n) is 7.48. The van der Waals surface area contributed by atoms with Gasteiger partial charge in [-0.05, 0) is 31.0 Å². The summed E-state index contributed by atoms with van der Waals surface area (Å²) in [6, 6.07) is 4.64. The zero-order valence-electron chi connectivity index (χ0n) is 16.4. The van der Waals surface area contributed by atoms with Crippen molar-refractivity contribution in [2.75, 3.05) is 12.5 Å². The van der Waals surface area contributed by atoms with Crippen LogP contribution in [-0.2, 0) is 9.59 Å². The summed E-state index contributed by atoms with van der Waals surface area (Å²) in [4.78, 5) is 37.2. The minimum absolute atomic E-state index is 0.104. The van der Waals surface area contributed by atoms with Crippen molar-refractivity contribution in [3.05, 3.63) is 18.2 Å². The number of imide groups is 1. The highest BCUT2D eigenvalue weighted by Gasteiger charge is 2.52. The van der Waals surface area contributed by atoms with E-state index in [0.717, 1.165) is 36.0 Å². The van der Waals surface area contributed by atoms with Gasteiger partial charge in [0.15, 0.2) is 11.5 Å². The molecule has 162 valence electrons. The average molecular weight is 445 g/mol. The quantitative estimate of drug-likeness (QED) is 0.522. The van der Waals surface area contributed by atoms with Crippen LogP contribution in [0.2, 0.25) is 0 Å². The molecule has 1 saturated heterocycles. The van der Waals surface area contributed by atoms with Gasteiger partial charge < -0.3 is 19.2 Å². The van der Waals surface area contributed by atoms with Gasteiger partial charge in [-0.25, -0.2) is 4.79 Å². The van der Waals surface area contributed by atoms with Gasteiger partial charge in [0, 0.05) is 5.56 Å². The number of ether oxygens (including phenoxy) is 2. The van der Waals surface area contributed by atoms with E-state index in [9.17, 15) is 14.4 Å². The molecule has 1 spiro atoms. The molecule has 4 amide bonds. The van der Waals surface area contributed by atoms with Gasteiger partial charge in [0.2, 0.25) is 18.6 Å². The molecule has 31 heavy (non-hydrogen) atoms. The van der Waals surface area contributed by atoms with E-state index in [0.29, 0.717) is 29.9 Å². The van der Waals surface area contributed by atoms with Gasteiger partial charge in [-0.15, -0.1) is 10.2 Å². The third-order valence-electron chi connectivity index (χ3n) is 5.46. The van der Waals surface area contributed by atoms with Gasteiger partial charge in [-0.1, -0.05) is 31.0 Å². The number of hydrazine groups is 1. The predicted molar refractivity (Wildman–Crippen MR) is 106 cm³/mol. The van der Waals surface area contributed by atoms with E-state index in [4.69, 9.17) is 13.9 Å². The molecule has 1 aromatic heterocycles. The molecule has 0 unspecified atom stereocenters. The molecule has 0 radical (unpaired) electrons. The summed E-state index contributed by atoms with van der Waals surface area (Å²) < 4.78 is 16.2. The van der Waals surface area contributed by atoms with Crippen LogP contribution in [0.4, 0.5) is 4.79 Å². The first kappa shape index (κ1) is 19.7. The van der Waals surface area contributed by atoms with Gasteiger partial charge in [-0.2, -0.15) is 5.01 Å². The van der Waals surface area contributed by atoms with Crippen LogP contribution in [0.25, 0.3) is 11.5 Å². The number of amides is 4. The first-order chi connectivity index (χ1) is 15.0. The Morgan fingerprint density at radius 2 is 1.97 bits per heavy atom. The number of rotatable bonds is 5. The molecule has 2 aliphatic heterocycles. The number of carbonyl (C=O) groups is 3. The molecular weight excluding hydrogens is 426 g/mol. The van der Waals surface area contributed by atoms with Crippen molar-refractivity contribution in [3.63, 3.8) is 0 Å². The largest absolute Gasteiger partial charge is 0.454 e. The number of thioether (sulfide) groups is 1. The number of nitrogens with zero attached hydrogens (tertiary/aromatic N) is 3. The van der Waals surface area contributed by atoms with Crippen LogP contribution >= 0.6 is 11.8 Å². The van der Waals surface area contributed by atoms with E-state index in [1.54, 1.807) is 18.2 Å². The molecule has 2 aromatic rings. The van der Waals surface area contributed by atoms with Gasteiger partial charge in [-0.3, -0.25) is 15.0 Å². The number of hydrogen-bond acceptors (Lipinski definition) is 9. The second kappa shape index (κ2) is 7.76. The lowest BCUT2D eigenvalue weighted by Gasteiger charge is -2.30. The Morgan fingerprint density at radius 3 is 2.81 bits per heavy atom. The molecule has 3 aliphatic rings. The van der Waals surface area contributed by atoms with E-state index in [-0.39, 0.29) is 23.7 Å². The predicted octanol–water partition coefficient (Wildman–Crippen LogP) is 1.84. The van der Waals surface area contributed by atoms with Gasteiger partial charge >= 0.3 is 6.03 Å². The van der Waals surface area contributed by atoms with E-state index < -0.39 is 23.4 Å². The molecule has 5 rings (SSSR count). The van der Waals surface area contributed by atoms with Crippen molar-refractivity contribution >= 4 is 29.6 Å². The van der Waals surface area contributed by atoms with E-state index >= 15 is 0 Å². The van der Waals surface area contributed by atoms with Crippen molar-refractivity contribution in [1.29, 1.82) is 0 Å². The highest BCUT2D eigenvalue weighted by molar-refractivity contribution is 7.99. The molecule has 3 heterocycles. The lowest BCUT2D eigenvalue weighted by atomic mass is 9.82. The number of urea groups is 1. The molecule has 2 fully saturated rings. The summed E-state index contributed by atoms with van der Waals surface area (Å²) >= 11 is 1.00. The number of benzene rings is 1. The monoisotopic (exact) mass is 445 g/mol. The molecule has 12 heteroatoms. The molecule has 0 bridgehead atoms.